The van der Waals surface area contributed by atoms with E-state index in [2.05, 4.69) is 176 Å². The fourth-order valence-electron chi connectivity index (χ4n) is 11.6. The van der Waals surface area contributed by atoms with Gasteiger partial charge in [0.25, 0.3) is 0 Å². The monoisotopic (exact) mass is 682 g/mol. The topological polar surface area (TPSA) is 9.23 Å². The molecule has 3 aliphatic carbocycles. The first-order valence-corrected chi connectivity index (χ1v) is 19.6. The van der Waals surface area contributed by atoms with Crippen LogP contribution in [0.25, 0.3) is 28.0 Å². The molecule has 1 nitrogen and oxygen atoms in total. The maximum Gasteiger partial charge on any atom is 0.140 e. The highest BCUT2D eigenvalue weighted by Gasteiger charge is 2.72. The Morgan fingerprint density at radius 3 is 2.08 bits per heavy atom. The van der Waals surface area contributed by atoms with Crippen molar-refractivity contribution in [2.24, 2.45) is 0 Å². The van der Waals surface area contributed by atoms with Gasteiger partial charge >= 0.3 is 0 Å². The average molecular weight is 683 g/mol. The van der Waals surface area contributed by atoms with Crippen LogP contribution >= 0.6 is 0 Å². The van der Waals surface area contributed by atoms with Crippen molar-refractivity contribution in [2.45, 2.75) is 60.9 Å². The number of hydrogen-bond acceptors (Lipinski definition) is 1. The third-order valence-electron chi connectivity index (χ3n) is 13.4. The average Bonchev–Trinajstić information content (AvgIpc) is 3.94. The molecule has 5 unspecified atom stereocenters. The van der Waals surface area contributed by atoms with Crippen LogP contribution in [0.15, 0.2) is 170 Å². The number of fused-ring (bicyclic) bond motifs is 5. The van der Waals surface area contributed by atoms with Gasteiger partial charge in [0.1, 0.15) is 11.4 Å². The van der Waals surface area contributed by atoms with Crippen molar-refractivity contribution in [1.82, 2.24) is 0 Å². The molecule has 0 saturated heterocycles. The first kappa shape index (κ1) is 30.9. The van der Waals surface area contributed by atoms with Gasteiger partial charge < -0.3 is 4.74 Å². The van der Waals surface area contributed by atoms with Gasteiger partial charge in [0, 0.05) is 23.3 Å². The lowest BCUT2D eigenvalue weighted by Crippen LogP contribution is -2.62. The molecule has 1 heteroatoms. The summed E-state index contributed by atoms with van der Waals surface area (Å²) in [6.07, 6.45) is 10.3. The molecule has 1 aliphatic heterocycles. The van der Waals surface area contributed by atoms with Gasteiger partial charge in [-0.2, -0.15) is 0 Å². The molecule has 5 atom stereocenters. The maximum atomic E-state index is 8.29. The molecule has 0 amide bonds. The van der Waals surface area contributed by atoms with Crippen molar-refractivity contribution in [2.75, 3.05) is 0 Å². The van der Waals surface area contributed by atoms with E-state index in [4.69, 9.17) is 4.74 Å². The molecule has 7 aromatic rings. The molecule has 0 spiro atoms. The van der Waals surface area contributed by atoms with Gasteiger partial charge in [-0.15, -0.1) is 0 Å². The molecule has 7 aromatic carbocycles. The Balaban J connectivity index is 1.38. The van der Waals surface area contributed by atoms with Crippen LogP contribution < -0.4 is 4.74 Å². The molecule has 0 fully saturated rings. The second-order valence-corrected chi connectivity index (χ2v) is 15.7. The highest BCUT2D eigenvalue weighted by atomic mass is 16.5. The predicted molar refractivity (Wildman–Crippen MR) is 218 cm³/mol. The van der Waals surface area contributed by atoms with Gasteiger partial charge in [0.05, 0.1) is 5.41 Å². The summed E-state index contributed by atoms with van der Waals surface area (Å²) in [7, 11) is 0. The van der Waals surface area contributed by atoms with Crippen molar-refractivity contribution in [3.8, 4) is 16.9 Å². The van der Waals surface area contributed by atoms with Gasteiger partial charge in [-0.1, -0.05) is 170 Å². The summed E-state index contributed by atoms with van der Waals surface area (Å²) in [4.78, 5) is 0. The molecule has 0 radical (unpaired) electrons. The van der Waals surface area contributed by atoms with Crippen molar-refractivity contribution in [3.05, 3.63) is 214 Å². The fraction of sp³-hybridized carbons (Fsp3) is 0.192. The lowest BCUT2D eigenvalue weighted by atomic mass is 9.47. The van der Waals surface area contributed by atoms with Crippen LogP contribution in [0.2, 0.25) is 0 Å². The molecule has 0 aromatic heterocycles. The predicted octanol–water partition coefficient (Wildman–Crippen LogP) is 12.6. The molecule has 53 heavy (non-hydrogen) atoms. The van der Waals surface area contributed by atoms with E-state index in [1.165, 1.54) is 66.4 Å². The fourth-order valence-corrected chi connectivity index (χ4v) is 11.6. The van der Waals surface area contributed by atoms with Crippen LogP contribution in [-0.4, -0.2) is 5.60 Å². The minimum absolute atomic E-state index is 0.0117. The van der Waals surface area contributed by atoms with Crippen molar-refractivity contribution >= 4 is 16.8 Å². The van der Waals surface area contributed by atoms with E-state index in [1.54, 1.807) is 0 Å². The molecule has 0 N–H and O–H groups in total. The Morgan fingerprint density at radius 1 is 0.528 bits per heavy atom. The van der Waals surface area contributed by atoms with E-state index in [0.29, 0.717) is 0 Å². The van der Waals surface area contributed by atoms with Gasteiger partial charge in [-0.05, 0) is 99.0 Å². The van der Waals surface area contributed by atoms with E-state index < -0.39 is 11.0 Å². The Kier molecular flexibility index (Phi) is 6.96. The molecule has 256 valence electrons. The number of ether oxygens (including phenoxy) is 1. The molecule has 0 saturated carbocycles. The van der Waals surface area contributed by atoms with Crippen molar-refractivity contribution < 1.29 is 4.74 Å². The van der Waals surface area contributed by atoms with Crippen LogP contribution in [0.1, 0.15) is 81.5 Å². The molecular weight excluding hydrogens is 641 g/mol. The van der Waals surface area contributed by atoms with Gasteiger partial charge in [-0.25, -0.2) is 0 Å². The smallest absolute Gasteiger partial charge is 0.140 e. The van der Waals surface area contributed by atoms with E-state index in [-0.39, 0.29) is 17.8 Å². The summed E-state index contributed by atoms with van der Waals surface area (Å²) in [5.41, 5.74) is 12.5. The Bertz CT molecular complexity index is 2560. The van der Waals surface area contributed by atoms with Crippen LogP contribution in [0.3, 0.4) is 0 Å². The highest BCUT2D eigenvalue weighted by Crippen LogP contribution is 2.73. The summed E-state index contributed by atoms with van der Waals surface area (Å²) in [6, 6.07) is 62.0. The zero-order valence-corrected chi connectivity index (χ0v) is 29.9. The van der Waals surface area contributed by atoms with E-state index in [9.17, 15) is 0 Å². The quantitative estimate of drug-likeness (QED) is 0.176. The lowest BCUT2D eigenvalue weighted by Gasteiger charge is -2.57. The molecular formula is C52H42O. The number of rotatable bonds is 5. The van der Waals surface area contributed by atoms with Crippen LogP contribution in [0.5, 0.6) is 5.75 Å². The summed E-state index contributed by atoms with van der Waals surface area (Å²) in [5, 5.41) is 2.60. The third-order valence-corrected chi connectivity index (χ3v) is 13.4. The molecule has 0 bridgehead atoms. The van der Waals surface area contributed by atoms with Gasteiger partial charge in [-0.3, -0.25) is 0 Å². The minimum atomic E-state index is -0.702. The number of benzene rings is 7. The van der Waals surface area contributed by atoms with Crippen LogP contribution in [-0.2, 0) is 18.3 Å². The van der Waals surface area contributed by atoms with Crippen molar-refractivity contribution in [1.29, 1.82) is 0 Å². The first-order valence-electron chi connectivity index (χ1n) is 19.6. The SMILES string of the molecule is C1=CC(C2(C3CCCc4ccccc43)Oc3cccc(-c4ccccc4)c3C2(c2cccc3ccccc23)C2CCc3ccccc32)c2ccccc21. The normalized spacial score (nSPS) is 25.0. The lowest BCUT2D eigenvalue weighted by molar-refractivity contribution is -0.0226. The minimum Gasteiger partial charge on any atom is -0.484 e. The second-order valence-electron chi connectivity index (χ2n) is 15.7. The zero-order valence-electron chi connectivity index (χ0n) is 29.9. The third kappa shape index (κ3) is 4.25. The highest BCUT2D eigenvalue weighted by molar-refractivity contribution is 5.90. The molecule has 4 aliphatic rings. The Labute approximate surface area is 312 Å². The summed E-state index contributed by atoms with van der Waals surface area (Å²) in [5.74, 6) is 1.35. The van der Waals surface area contributed by atoms with Gasteiger partial charge in [0.2, 0.25) is 0 Å². The van der Waals surface area contributed by atoms with E-state index in [1.807, 2.05) is 0 Å². The summed E-state index contributed by atoms with van der Waals surface area (Å²) >= 11 is 0. The van der Waals surface area contributed by atoms with E-state index >= 15 is 0 Å². The summed E-state index contributed by atoms with van der Waals surface area (Å²) in [6.45, 7) is 0. The van der Waals surface area contributed by atoms with Crippen LogP contribution in [0, 0.1) is 0 Å². The number of aryl methyl sites for hydroxylation is 2. The summed E-state index contributed by atoms with van der Waals surface area (Å²) < 4.78 is 8.29. The first-order chi connectivity index (χ1) is 26.3. The zero-order chi connectivity index (χ0) is 35.0. The van der Waals surface area contributed by atoms with Crippen molar-refractivity contribution in [3.63, 3.8) is 0 Å². The number of hydrogen-bond donors (Lipinski definition) is 0. The Hall–Kier alpha value is -5.66. The molecule has 11 rings (SSSR count). The van der Waals surface area contributed by atoms with Gasteiger partial charge in [0.15, 0.2) is 0 Å². The standard InChI is InChI=1S/C52H42O/c1-2-15-37(16-3-1)44-27-14-30-49-50(44)51(46-33-31-38-19-6-9-24-41(38)46,45-28-12-21-35-17-4-8-23-40(35)45)52(53-49,48-34-32-39-20-7-11-26-43(39)48)47-29-13-22-36-18-5-10-25-42(36)47/h1-12,14-21,23-28,30,32,34,46-48H,13,22,29,31,33H2. The Morgan fingerprint density at radius 2 is 1.21 bits per heavy atom. The maximum absolute atomic E-state index is 8.29. The van der Waals surface area contributed by atoms with E-state index in [0.717, 1.165) is 37.9 Å². The van der Waals surface area contributed by atoms with Crippen LogP contribution in [0.4, 0.5) is 0 Å². The molecule has 1 heterocycles. The largest absolute Gasteiger partial charge is 0.484 e. The second kappa shape index (κ2) is 11.9.